The average Bonchev–Trinajstić information content (AvgIpc) is 2.65. The molecule has 0 spiro atoms. The first kappa shape index (κ1) is 11.9. The molecule has 1 heterocycles. The molecule has 0 radical (unpaired) electrons. The van der Waals surface area contributed by atoms with Crippen LogP contribution in [-0.2, 0) is 4.74 Å². The SMILES string of the molecule is COCCNCC(C)(O)C1CCCN1. The van der Waals surface area contributed by atoms with Crippen LogP contribution in [0.15, 0.2) is 0 Å². The zero-order valence-electron chi connectivity index (χ0n) is 9.18. The maximum Gasteiger partial charge on any atom is 0.0895 e. The van der Waals surface area contributed by atoms with Crippen LogP contribution in [0, 0.1) is 0 Å². The van der Waals surface area contributed by atoms with E-state index in [1.54, 1.807) is 7.11 Å². The largest absolute Gasteiger partial charge is 0.387 e. The van der Waals surface area contributed by atoms with E-state index in [9.17, 15) is 5.11 Å². The van der Waals surface area contributed by atoms with Crippen LogP contribution in [0.5, 0.6) is 0 Å². The fourth-order valence-electron chi connectivity index (χ4n) is 1.85. The Morgan fingerprint density at radius 1 is 1.64 bits per heavy atom. The molecule has 1 rings (SSSR count). The van der Waals surface area contributed by atoms with Crippen LogP contribution in [0.1, 0.15) is 19.8 Å². The molecule has 14 heavy (non-hydrogen) atoms. The van der Waals surface area contributed by atoms with Crippen molar-refractivity contribution >= 4 is 0 Å². The molecule has 1 saturated heterocycles. The molecule has 1 aliphatic rings. The molecule has 2 atom stereocenters. The van der Waals surface area contributed by atoms with Gasteiger partial charge in [0.1, 0.15) is 0 Å². The molecule has 0 aromatic heterocycles. The van der Waals surface area contributed by atoms with E-state index in [2.05, 4.69) is 10.6 Å². The van der Waals surface area contributed by atoms with Crippen molar-refractivity contribution in [2.75, 3.05) is 33.4 Å². The first-order valence-corrected chi connectivity index (χ1v) is 5.32. The lowest BCUT2D eigenvalue weighted by molar-refractivity contribution is 0.0250. The Morgan fingerprint density at radius 2 is 2.43 bits per heavy atom. The first-order valence-electron chi connectivity index (χ1n) is 5.32. The molecular weight excluding hydrogens is 180 g/mol. The van der Waals surface area contributed by atoms with Gasteiger partial charge in [-0.3, -0.25) is 0 Å². The van der Waals surface area contributed by atoms with Crippen LogP contribution in [-0.4, -0.2) is 50.1 Å². The molecule has 0 aliphatic carbocycles. The predicted molar refractivity (Wildman–Crippen MR) is 56.4 cm³/mol. The van der Waals surface area contributed by atoms with Gasteiger partial charge in [0.2, 0.25) is 0 Å². The van der Waals surface area contributed by atoms with E-state index in [4.69, 9.17) is 4.74 Å². The number of hydrogen-bond donors (Lipinski definition) is 3. The second kappa shape index (κ2) is 5.66. The minimum atomic E-state index is -0.649. The molecule has 84 valence electrons. The number of hydrogen-bond acceptors (Lipinski definition) is 4. The highest BCUT2D eigenvalue weighted by molar-refractivity contribution is 4.92. The smallest absolute Gasteiger partial charge is 0.0895 e. The summed E-state index contributed by atoms with van der Waals surface area (Å²) in [5.41, 5.74) is -0.649. The fourth-order valence-corrected chi connectivity index (χ4v) is 1.85. The van der Waals surface area contributed by atoms with Crippen LogP contribution < -0.4 is 10.6 Å². The Bertz CT molecular complexity index is 156. The molecule has 0 amide bonds. The Morgan fingerprint density at radius 3 is 3.00 bits per heavy atom. The van der Waals surface area contributed by atoms with Crippen molar-refractivity contribution in [3.63, 3.8) is 0 Å². The van der Waals surface area contributed by atoms with Gasteiger partial charge in [0.25, 0.3) is 0 Å². The van der Waals surface area contributed by atoms with Crippen molar-refractivity contribution in [3.05, 3.63) is 0 Å². The van der Waals surface area contributed by atoms with Gasteiger partial charge in [-0.25, -0.2) is 0 Å². The Kier molecular flexibility index (Phi) is 4.81. The van der Waals surface area contributed by atoms with Gasteiger partial charge in [0, 0.05) is 26.2 Å². The monoisotopic (exact) mass is 202 g/mol. The summed E-state index contributed by atoms with van der Waals surface area (Å²) < 4.78 is 4.92. The minimum absolute atomic E-state index is 0.234. The van der Waals surface area contributed by atoms with E-state index < -0.39 is 5.60 Å². The van der Waals surface area contributed by atoms with Crippen LogP contribution in [0.2, 0.25) is 0 Å². The maximum absolute atomic E-state index is 10.1. The Balaban J connectivity index is 2.19. The summed E-state index contributed by atoms with van der Waals surface area (Å²) in [5, 5.41) is 16.7. The third-order valence-electron chi connectivity index (χ3n) is 2.78. The minimum Gasteiger partial charge on any atom is -0.387 e. The van der Waals surface area contributed by atoms with Crippen LogP contribution >= 0.6 is 0 Å². The van der Waals surface area contributed by atoms with E-state index in [-0.39, 0.29) is 6.04 Å². The maximum atomic E-state index is 10.1. The molecule has 1 fully saturated rings. The number of nitrogens with one attached hydrogen (secondary N) is 2. The van der Waals surface area contributed by atoms with Gasteiger partial charge in [-0.05, 0) is 26.3 Å². The highest BCUT2D eigenvalue weighted by atomic mass is 16.5. The molecule has 2 unspecified atom stereocenters. The molecule has 0 bridgehead atoms. The lowest BCUT2D eigenvalue weighted by Crippen LogP contribution is -2.52. The van der Waals surface area contributed by atoms with Crippen LogP contribution in [0.25, 0.3) is 0 Å². The molecule has 1 aliphatic heterocycles. The van der Waals surface area contributed by atoms with Crippen molar-refractivity contribution in [1.82, 2.24) is 10.6 Å². The number of methoxy groups -OCH3 is 1. The highest BCUT2D eigenvalue weighted by Crippen LogP contribution is 2.17. The molecular formula is C10H22N2O2. The third kappa shape index (κ3) is 3.53. The molecule has 0 aromatic carbocycles. The molecule has 4 nitrogen and oxygen atoms in total. The summed E-state index contributed by atoms with van der Waals surface area (Å²) >= 11 is 0. The zero-order chi connectivity index (χ0) is 10.4. The van der Waals surface area contributed by atoms with Crippen molar-refractivity contribution in [1.29, 1.82) is 0 Å². The first-order chi connectivity index (χ1) is 6.67. The fraction of sp³-hybridized carbons (Fsp3) is 1.00. The third-order valence-corrected chi connectivity index (χ3v) is 2.78. The molecule has 3 N–H and O–H groups in total. The van der Waals surface area contributed by atoms with Crippen molar-refractivity contribution in [2.45, 2.75) is 31.4 Å². The predicted octanol–water partition coefficient (Wildman–Crippen LogP) is -0.275. The van der Waals surface area contributed by atoms with Gasteiger partial charge in [0.05, 0.1) is 12.2 Å². The Labute approximate surface area is 86.0 Å². The van der Waals surface area contributed by atoms with Crippen molar-refractivity contribution in [2.24, 2.45) is 0 Å². The van der Waals surface area contributed by atoms with Gasteiger partial charge in [0.15, 0.2) is 0 Å². The van der Waals surface area contributed by atoms with Crippen molar-refractivity contribution in [3.8, 4) is 0 Å². The Hall–Kier alpha value is -0.160. The quantitative estimate of drug-likeness (QED) is 0.519. The number of rotatable bonds is 6. The normalized spacial score (nSPS) is 26.4. The molecule has 0 saturated carbocycles. The lowest BCUT2D eigenvalue weighted by atomic mass is 9.95. The summed E-state index contributed by atoms with van der Waals surface area (Å²) in [6.07, 6.45) is 2.23. The number of ether oxygens (including phenoxy) is 1. The summed E-state index contributed by atoms with van der Waals surface area (Å²) in [6, 6.07) is 0.234. The van der Waals surface area contributed by atoms with Crippen molar-refractivity contribution < 1.29 is 9.84 Å². The number of aliphatic hydroxyl groups is 1. The van der Waals surface area contributed by atoms with Gasteiger partial charge in [-0.1, -0.05) is 0 Å². The summed E-state index contributed by atoms with van der Waals surface area (Å²) in [5.74, 6) is 0. The van der Waals surface area contributed by atoms with Crippen LogP contribution in [0.4, 0.5) is 0 Å². The van der Waals surface area contributed by atoms with E-state index in [0.717, 1.165) is 19.5 Å². The van der Waals surface area contributed by atoms with E-state index in [0.29, 0.717) is 13.2 Å². The van der Waals surface area contributed by atoms with Gasteiger partial charge in [-0.15, -0.1) is 0 Å². The highest BCUT2D eigenvalue weighted by Gasteiger charge is 2.33. The second-order valence-corrected chi connectivity index (χ2v) is 4.18. The van der Waals surface area contributed by atoms with E-state index in [1.807, 2.05) is 6.92 Å². The van der Waals surface area contributed by atoms with Gasteiger partial charge in [-0.2, -0.15) is 0 Å². The molecule has 4 heteroatoms. The lowest BCUT2D eigenvalue weighted by Gasteiger charge is -2.30. The van der Waals surface area contributed by atoms with Gasteiger partial charge >= 0.3 is 0 Å². The summed E-state index contributed by atoms with van der Waals surface area (Å²) in [7, 11) is 1.68. The average molecular weight is 202 g/mol. The standard InChI is InChI=1S/C10H22N2O2/c1-10(13,8-11-6-7-14-2)9-4-3-5-12-9/h9,11-13H,3-8H2,1-2H3. The zero-order valence-corrected chi connectivity index (χ0v) is 9.18. The summed E-state index contributed by atoms with van der Waals surface area (Å²) in [6.45, 7) is 5.01. The topological polar surface area (TPSA) is 53.5 Å². The van der Waals surface area contributed by atoms with E-state index in [1.165, 1.54) is 6.42 Å². The summed E-state index contributed by atoms with van der Waals surface area (Å²) in [4.78, 5) is 0. The second-order valence-electron chi connectivity index (χ2n) is 4.18. The van der Waals surface area contributed by atoms with Crippen LogP contribution in [0.3, 0.4) is 0 Å². The van der Waals surface area contributed by atoms with Gasteiger partial charge < -0.3 is 20.5 Å². The van der Waals surface area contributed by atoms with E-state index >= 15 is 0 Å². The molecule has 0 aromatic rings.